The Morgan fingerprint density at radius 3 is 2.71 bits per heavy atom. The molecule has 2 aromatic heterocycles. The Kier molecular flexibility index (Phi) is 8.63. The van der Waals surface area contributed by atoms with Gasteiger partial charge in [-0.3, -0.25) is 4.21 Å². The lowest BCUT2D eigenvalue weighted by atomic mass is 9.97. The van der Waals surface area contributed by atoms with Gasteiger partial charge < -0.3 is 24.7 Å². The van der Waals surface area contributed by atoms with Crippen LogP contribution in [0, 0.1) is 12.7 Å². The highest BCUT2D eigenvalue weighted by Gasteiger charge is 2.24. The van der Waals surface area contributed by atoms with E-state index in [1.807, 2.05) is 0 Å². The molecule has 0 aliphatic carbocycles. The average molecular weight is 585 g/mol. The van der Waals surface area contributed by atoms with Crippen LogP contribution in [0.5, 0.6) is 5.75 Å². The van der Waals surface area contributed by atoms with Gasteiger partial charge in [-0.2, -0.15) is 0 Å². The molecular formula is C27H28F2N7O4S-. The van der Waals surface area contributed by atoms with Crippen LogP contribution in [0.1, 0.15) is 23.8 Å². The lowest BCUT2D eigenvalue weighted by molar-refractivity contribution is 0.122. The van der Waals surface area contributed by atoms with E-state index in [0.29, 0.717) is 71.4 Å². The first-order chi connectivity index (χ1) is 19.8. The van der Waals surface area contributed by atoms with Crippen molar-refractivity contribution >= 4 is 33.9 Å². The van der Waals surface area contributed by atoms with Gasteiger partial charge in [-0.05, 0) is 31.0 Å². The molecule has 1 fully saturated rings. The van der Waals surface area contributed by atoms with Gasteiger partial charge in [0.05, 0.1) is 31.6 Å². The first kappa shape index (κ1) is 28.7. The Morgan fingerprint density at radius 1 is 1.22 bits per heavy atom. The van der Waals surface area contributed by atoms with Gasteiger partial charge in [-0.1, -0.05) is 18.2 Å². The zero-order chi connectivity index (χ0) is 29.1. The summed E-state index contributed by atoms with van der Waals surface area (Å²) in [5, 5.41) is 0.614. The molecule has 1 saturated heterocycles. The third-order valence-electron chi connectivity index (χ3n) is 6.81. The number of rotatable bonds is 9. The number of hydrogen-bond donors (Lipinski definition) is 2. The average Bonchev–Trinajstić information content (AvgIpc) is 2.96. The lowest BCUT2D eigenvalue weighted by Crippen LogP contribution is -2.37. The molecule has 3 heterocycles. The van der Waals surface area contributed by atoms with Crippen LogP contribution in [-0.4, -0.2) is 68.7 Å². The van der Waals surface area contributed by atoms with Crippen LogP contribution in [-0.2, 0) is 16.0 Å². The maximum Gasteiger partial charge on any atom is 0.220 e. The predicted molar refractivity (Wildman–Crippen MR) is 150 cm³/mol. The summed E-state index contributed by atoms with van der Waals surface area (Å²) in [5.41, 5.74) is 7.89. The number of methoxy groups -OCH3 is 1. The third-order valence-corrected chi connectivity index (χ3v) is 7.25. The standard InChI is InChI=1S/C27H29F2N7O4S/c1-15-20(14-31-27(30)33-15)25-34-24-19(26(35-25)36-8-10-40-11-9-36)12-16(13-22(24)39-2)17-4-3-5-18(23(17)29)21(28)6-7-32-41(37)38/h3-5,12-14,21,32H,6-11H2,1-2H3,(H,37,38)(H2,30,31,33)/p-1. The number of nitrogens with two attached hydrogens (primary N) is 1. The number of benzene rings is 2. The summed E-state index contributed by atoms with van der Waals surface area (Å²) in [6.45, 7) is 3.79. The van der Waals surface area contributed by atoms with Crippen molar-refractivity contribution in [3.05, 3.63) is 53.6 Å². The summed E-state index contributed by atoms with van der Waals surface area (Å²) in [6.07, 6.45) is -0.364. The molecule has 2 aromatic carbocycles. The minimum atomic E-state index is -2.53. The molecule has 11 nitrogen and oxygen atoms in total. The minimum Gasteiger partial charge on any atom is -0.760 e. The molecule has 41 heavy (non-hydrogen) atoms. The molecule has 0 spiro atoms. The van der Waals surface area contributed by atoms with Crippen LogP contribution >= 0.6 is 0 Å². The van der Waals surface area contributed by atoms with Crippen molar-refractivity contribution < 1.29 is 27.0 Å². The highest BCUT2D eigenvalue weighted by molar-refractivity contribution is 7.77. The third kappa shape index (κ3) is 6.10. The molecule has 0 saturated carbocycles. The topological polar surface area (TPSA) is 151 Å². The van der Waals surface area contributed by atoms with Gasteiger partial charge in [-0.15, -0.1) is 0 Å². The SMILES string of the molecule is COc1cc(-c2cccc(C(F)CCNS(=O)[O-])c2F)cc2c(N3CCOCC3)nc(-c3cnc(N)nc3C)nc12. The number of nitrogens with zero attached hydrogens (tertiary/aromatic N) is 5. The fraction of sp³-hybridized carbons (Fsp3) is 0.333. The molecule has 216 valence electrons. The van der Waals surface area contributed by atoms with Crippen molar-refractivity contribution in [1.29, 1.82) is 0 Å². The molecular weight excluding hydrogens is 556 g/mol. The van der Waals surface area contributed by atoms with Crippen molar-refractivity contribution in [3.63, 3.8) is 0 Å². The van der Waals surface area contributed by atoms with E-state index in [9.17, 15) is 13.2 Å². The maximum absolute atomic E-state index is 15.7. The summed E-state index contributed by atoms with van der Waals surface area (Å²) in [4.78, 5) is 20.1. The Balaban J connectivity index is 1.65. The van der Waals surface area contributed by atoms with E-state index >= 15 is 4.39 Å². The quantitative estimate of drug-likeness (QED) is 0.280. The van der Waals surface area contributed by atoms with E-state index < -0.39 is 23.3 Å². The predicted octanol–water partition coefficient (Wildman–Crippen LogP) is 3.41. The molecule has 4 aromatic rings. The van der Waals surface area contributed by atoms with E-state index in [1.165, 1.54) is 13.2 Å². The van der Waals surface area contributed by atoms with Gasteiger partial charge in [0, 0.05) is 53.6 Å². The highest BCUT2D eigenvalue weighted by Crippen LogP contribution is 2.39. The van der Waals surface area contributed by atoms with E-state index in [2.05, 4.69) is 19.6 Å². The Morgan fingerprint density at radius 2 is 2.00 bits per heavy atom. The summed E-state index contributed by atoms with van der Waals surface area (Å²) in [5.74, 6) is 0.738. The molecule has 2 atom stereocenters. The number of hydrogen-bond acceptors (Lipinski definition) is 10. The largest absolute Gasteiger partial charge is 0.760 e. The molecule has 0 bridgehead atoms. The normalized spacial score (nSPS) is 15.2. The molecule has 5 rings (SSSR count). The van der Waals surface area contributed by atoms with Crippen LogP contribution in [0.3, 0.4) is 0 Å². The van der Waals surface area contributed by atoms with E-state index in [0.717, 1.165) is 0 Å². The zero-order valence-corrected chi connectivity index (χ0v) is 23.2. The number of anilines is 2. The Bertz CT molecular complexity index is 1600. The van der Waals surface area contributed by atoms with Crippen molar-refractivity contribution in [2.24, 2.45) is 0 Å². The zero-order valence-electron chi connectivity index (χ0n) is 22.4. The smallest absolute Gasteiger partial charge is 0.220 e. The maximum atomic E-state index is 15.7. The Hall–Kier alpha value is -3.85. The molecule has 1 aliphatic heterocycles. The van der Waals surface area contributed by atoms with Gasteiger partial charge in [0.1, 0.15) is 29.1 Å². The van der Waals surface area contributed by atoms with Crippen LogP contribution in [0.15, 0.2) is 36.5 Å². The number of nitrogens with one attached hydrogen (secondary N) is 1. The molecule has 0 amide bonds. The molecule has 0 radical (unpaired) electrons. The van der Waals surface area contributed by atoms with E-state index in [-0.39, 0.29) is 30.0 Å². The molecule has 14 heteroatoms. The second-order valence-electron chi connectivity index (χ2n) is 9.37. The van der Waals surface area contributed by atoms with E-state index in [1.54, 1.807) is 37.4 Å². The van der Waals surface area contributed by atoms with Gasteiger partial charge in [0.15, 0.2) is 5.82 Å². The molecule has 3 N–H and O–H groups in total. The van der Waals surface area contributed by atoms with Gasteiger partial charge in [0.2, 0.25) is 5.95 Å². The molecule has 2 unspecified atom stereocenters. The lowest BCUT2D eigenvalue weighted by Gasteiger charge is -2.29. The summed E-state index contributed by atoms with van der Waals surface area (Å²) in [7, 11) is 1.49. The monoisotopic (exact) mass is 584 g/mol. The van der Waals surface area contributed by atoms with Crippen molar-refractivity contribution in [1.82, 2.24) is 24.7 Å². The number of aromatic nitrogens is 4. The van der Waals surface area contributed by atoms with E-state index in [4.69, 9.17) is 25.2 Å². The second kappa shape index (κ2) is 12.3. The fourth-order valence-corrected chi connectivity index (χ4v) is 5.06. The summed E-state index contributed by atoms with van der Waals surface area (Å²) < 4.78 is 65.5. The van der Waals surface area contributed by atoms with Crippen LogP contribution in [0.2, 0.25) is 0 Å². The van der Waals surface area contributed by atoms with Crippen LogP contribution in [0.4, 0.5) is 20.5 Å². The minimum absolute atomic E-state index is 0.138. The summed E-state index contributed by atoms with van der Waals surface area (Å²) in [6, 6.07) is 7.86. The Labute approximate surface area is 237 Å². The first-order valence-electron chi connectivity index (χ1n) is 12.8. The number of alkyl halides is 1. The second-order valence-corrected chi connectivity index (χ2v) is 10.1. The van der Waals surface area contributed by atoms with Crippen LogP contribution in [0.25, 0.3) is 33.4 Å². The van der Waals surface area contributed by atoms with Crippen molar-refractivity contribution in [2.45, 2.75) is 19.5 Å². The van der Waals surface area contributed by atoms with Crippen molar-refractivity contribution in [2.75, 3.05) is 50.6 Å². The van der Waals surface area contributed by atoms with Gasteiger partial charge in [0.25, 0.3) is 0 Å². The first-order valence-corrected chi connectivity index (χ1v) is 13.9. The van der Waals surface area contributed by atoms with Gasteiger partial charge in [-0.25, -0.2) is 33.4 Å². The van der Waals surface area contributed by atoms with Crippen molar-refractivity contribution in [3.8, 4) is 28.3 Å². The highest BCUT2D eigenvalue weighted by atomic mass is 32.2. The summed E-state index contributed by atoms with van der Waals surface area (Å²) >= 11 is -2.53. The number of aryl methyl sites for hydroxylation is 1. The fourth-order valence-electron chi connectivity index (χ4n) is 4.78. The number of morpholine rings is 1. The molecule has 1 aliphatic rings. The number of halogens is 2. The van der Waals surface area contributed by atoms with Gasteiger partial charge >= 0.3 is 0 Å². The number of ether oxygens (including phenoxy) is 2. The number of nitrogen functional groups attached to an aromatic ring is 1. The van der Waals surface area contributed by atoms with Crippen LogP contribution < -0.4 is 20.1 Å². The number of fused-ring (bicyclic) bond motifs is 1.